The zero-order valence-electron chi connectivity index (χ0n) is 10.3. The Labute approximate surface area is 199 Å². The Bertz CT molecular complexity index is 459. The summed E-state index contributed by atoms with van der Waals surface area (Å²) in [7, 11) is -10.5. The monoisotopic (exact) mass is 388 g/mol. The molecule has 1 saturated heterocycles. The number of nitrogens with zero attached hydrogens (tertiary/aromatic N) is 2. The molecule has 12 nitrogen and oxygen atoms in total. The van der Waals surface area contributed by atoms with Crippen LogP contribution in [-0.4, -0.2) is 183 Å². The number of hydrogen-bond acceptors (Lipinski definition) is 8. The summed E-state index contributed by atoms with van der Waals surface area (Å²) in [5.74, 6) is 0. The second-order valence-electron chi connectivity index (χ2n) is 3.27. The maximum Gasteiger partial charge on any atom is 0.340 e. The van der Waals surface area contributed by atoms with Gasteiger partial charge in [-0.15, -0.1) is 8.61 Å². The first-order valence-electron chi connectivity index (χ1n) is 4.13. The summed E-state index contributed by atoms with van der Waals surface area (Å²) in [6.45, 7) is 0. The van der Waals surface area contributed by atoms with Crippen LogP contribution in [-0.2, 0) is 20.6 Å². The molecule has 0 aliphatic carbocycles. The van der Waals surface area contributed by atoms with Gasteiger partial charge in [0, 0.05) is 103 Å². The number of hydrogen-bond donors (Lipinski definition) is 6. The normalized spacial score (nSPS) is 33.1. The molecule has 1 fully saturated rings. The maximum absolute atomic E-state index is 10.8. The van der Waals surface area contributed by atoms with Gasteiger partial charge in [-0.2, -0.15) is 16.8 Å². The summed E-state index contributed by atoms with van der Waals surface area (Å²) in [4.78, 5) is 0. The van der Waals surface area contributed by atoms with Crippen LogP contribution in [0, 0.1) is 0 Å². The Morgan fingerprint density at radius 3 is 0.850 bits per heavy atom. The van der Waals surface area contributed by atoms with Crippen LogP contribution in [0.1, 0.15) is 0 Å². The summed E-state index contributed by atoms with van der Waals surface area (Å²) >= 11 is 0. The molecule has 4 unspecified atom stereocenters. The predicted molar refractivity (Wildman–Crippen MR) is 62.3 cm³/mol. The SMILES string of the molecule is O=S(=O)(O)N1C(O)C(O)N(S(=O)(=O)O)C(O)C1O.[K].[K]. The average molecular weight is 388 g/mol. The first kappa shape index (κ1) is 25.1. The van der Waals surface area contributed by atoms with Crippen molar-refractivity contribution in [2.45, 2.75) is 24.9 Å². The van der Waals surface area contributed by atoms with Crippen molar-refractivity contribution < 1.29 is 46.4 Å². The summed E-state index contributed by atoms with van der Waals surface area (Å²) < 4.78 is 59.2. The van der Waals surface area contributed by atoms with E-state index in [1.807, 2.05) is 0 Å². The smallest absolute Gasteiger partial charge is 0.340 e. The number of aliphatic hydroxyl groups is 4. The Hall–Kier alpha value is 2.85. The van der Waals surface area contributed by atoms with E-state index in [0.717, 1.165) is 0 Å². The molecule has 0 amide bonds. The maximum atomic E-state index is 10.8. The third kappa shape index (κ3) is 5.44. The van der Waals surface area contributed by atoms with Crippen LogP contribution in [0.2, 0.25) is 0 Å². The van der Waals surface area contributed by atoms with Crippen molar-refractivity contribution in [3.63, 3.8) is 0 Å². The van der Waals surface area contributed by atoms with Crippen molar-refractivity contribution in [3.8, 4) is 0 Å². The van der Waals surface area contributed by atoms with Crippen LogP contribution >= 0.6 is 0 Å². The zero-order chi connectivity index (χ0) is 14.5. The zero-order valence-corrected chi connectivity index (χ0v) is 18.2. The molecule has 1 heterocycles. The van der Waals surface area contributed by atoms with Gasteiger partial charge in [0.2, 0.25) is 0 Å². The van der Waals surface area contributed by atoms with Crippen molar-refractivity contribution in [1.29, 1.82) is 0 Å². The van der Waals surface area contributed by atoms with E-state index in [1.54, 1.807) is 0 Å². The average Bonchev–Trinajstić information content (AvgIpc) is 2.10. The van der Waals surface area contributed by atoms with E-state index in [9.17, 15) is 37.3 Å². The Morgan fingerprint density at radius 1 is 0.600 bits per heavy atom. The fraction of sp³-hybridized carbons (Fsp3) is 1.00. The molecule has 0 spiro atoms. The fourth-order valence-corrected chi connectivity index (χ4v) is 2.91. The molecule has 2 radical (unpaired) electrons. The van der Waals surface area contributed by atoms with E-state index in [1.165, 1.54) is 0 Å². The van der Waals surface area contributed by atoms with Crippen molar-refractivity contribution in [2.24, 2.45) is 0 Å². The molecule has 0 saturated carbocycles. The van der Waals surface area contributed by atoms with Crippen LogP contribution in [0.5, 0.6) is 0 Å². The van der Waals surface area contributed by atoms with Gasteiger partial charge >= 0.3 is 20.6 Å². The molecule has 1 rings (SSSR count). The van der Waals surface area contributed by atoms with Crippen LogP contribution < -0.4 is 0 Å². The molecular weight excluding hydrogens is 378 g/mol. The summed E-state index contributed by atoms with van der Waals surface area (Å²) in [5, 5.41) is 37.0. The standard InChI is InChI=1S/C4H10N2O10S2.2K/c7-1-2(8)6(18(14,15)16)4(10)3(9)5(1)17(11,12)13;;/h1-4,7-10H,(H,11,12,13)(H,14,15,16);;. The van der Waals surface area contributed by atoms with Gasteiger partial charge in [0.15, 0.2) is 24.9 Å². The molecule has 0 bridgehead atoms. The molecule has 0 aromatic rings. The van der Waals surface area contributed by atoms with Crippen LogP contribution in [0.15, 0.2) is 0 Å². The van der Waals surface area contributed by atoms with Crippen LogP contribution in [0.4, 0.5) is 0 Å². The summed E-state index contributed by atoms with van der Waals surface area (Å²) in [5.41, 5.74) is 0. The number of piperazine rings is 1. The summed E-state index contributed by atoms with van der Waals surface area (Å²) in [6.07, 6.45) is -10.6. The molecule has 6 N–H and O–H groups in total. The second kappa shape index (κ2) is 8.80. The molecule has 16 heteroatoms. The van der Waals surface area contributed by atoms with Gasteiger partial charge in [0.25, 0.3) is 0 Å². The van der Waals surface area contributed by atoms with Crippen LogP contribution in [0.25, 0.3) is 0 Å². The fourth-order valence-electron chi connectivity index (χ4n) is 1.38. The van der Waals surface area contributed by atoms with E-state index in [-0.39, 0.29) is 103 Å². The number of aliphatic hydroxyl groups excluding tert-OH is 4. The largest absolute Gasteiger partial charge is 0.373 e. The molecule has 4 atom stereocenters. The van der Waals surface area contributed by atoms with Crippen molar-refractivity contribution in [1.82, 2.24) is 8.61 Å². The van der Waals surface area contributed by atoms with E-state index in [4.69, 9.17) is 9.11 Å². The number of rotatable bonds is 2. The molecule has 0 aromatic carbocycles. The minimum atomic E-state index is -5.25. The van der Waals surface area contributed by atoms with E-state index >= 15 is 0 Å². The molecule has 110 valence electrons. The Kier molecular flexibility index (Phi) is 11.0. The Balaban J connectivity index is 0. The van der Waals surface area contributed by atoms with Gasteiger partial charge in [0.05, 0.1) is 0 Å². The molecule has 1 aliphatic heterocycles. The summed E-state index contributed by atoms with van der Waals surface area (Å²) in [6, 6.07) is 0. The first-order chi connectivity index (χ1) is 7.89. The van der Waals surface area contributed by atoms with Gasteiger partial charge in [-0.25, -0.2) is 0 Å². The second-order valence-corrected chi connectivity index (χ2v) is 5.90. The van der Waals surface area contributed by atoms with Crippen molar-refractivity contribution >= 4 is 123 Å². The third-order valence-electron chi connectivity index (χ3n) is 2.11. The first-order valence-corrected chi connectivity index (χ1v) is 6.92. The van der Waals surface area contributed by atoms with E-state index in [2.05, 4.69) is 0 Å². The van der Waals surface area contributed by atoms with E-state index in [0.29, 0.717) is 0 Å². The van der Waals surface area contributed by atoms with Crippen LogP contribution in [0.3, 0.4) is 0 Å². The molecule has 1 aliphatic rings. The van der Waals surface area contributed by atoms with Gasteiger partial charge in [-0.3, -0.25) is 9.11 Å². The molecular formula is C4H10K2N2O10S2. The van der Waals surface area contributed by atoms with Gasteiger partial charge in [0.1, 0.15) is 0 Å². The molecule has 20 heavy (non-hydrogen) atoms. The minimum absolute atomic E-state index is 0. The van der Waals surface area contributed by atoms with E-state index < -0.39 is 54.1 Å². The minimum Gasteiger partial charge on any atom is -0.373 e. The van der Waals surface area contributed by atoms with Gasteiger partial charge < -0.3 is 20.4 Å². The molecule has 0 aromatic heterocycles. The van der Waals surface area contributed by atoms with Gasteiger partial charge in [-0.05, 0) is 0 Å². The van der Waals surface area contributed by atoms with Crippen molar-refractivity contribution in [3.05, 3.63) is 0 Å². The predicted octanol–water partition coefficient (Wildman–Crippen LogP) is -5.28. The van der Waals surface area contributed by atoms with Crippen molar-refractivity contribution in [2.75, 3.05) is 0 Å². The van der Waals surface area contributed by atoms with Gasteiger partial charge in [-0.1, -0.05) is 0 Å². The Morgan fingerprint density at radius 2 is 0.750 bits per heavy atom. The quantitative estimate of drug-likeness (QED) is 0.196. The topological polar surface area (TPSA) is 196 Å². The third-order valence-corrected chi connectivity index (χ3v) is 4.04.